The summed E-state index contributed by atoms with van der Waals surface area (Å²) in [5.74, 6) is 1.95. The predicted octanol–water partition coefficient (Wildman–Crippen LogP) is 5.78. The molecule has 0 saturated carbocycles. The van der Waals surface area contributed by atoms with E-state index in [1.165, 1.54) is 5.56 Å². The molecule has 0 aliphatic carbocycles. The molecule has 244 valence electrons. The number of amides is 2. The number of nitrogens with one attached hydrogen (secondary N) is 1. The van der Waals surface area contributed by atoms with Crippen molar-refractivity contribution in [2.75, 3.05) is 66.7 Å². The highest BCUT2D eigenvalue weighted by molar-refractivity contribution is 6.31. The van der Waals surface area contributed by atoms with Gasteiger partial charge in [-0.1, -0.05) is 23.7 Å². The van der Waals surface area contributed by atoms with Gasteiger partial charge in [-0.15, -0.1) is 0 Å². The smallest absolute Gasteiger partial charge is 0.416 e. The number of halogens is 1. The van der Waals surface area contributed by atoms with Gasteiger partial charge >= 0.3 is 6.09 Å². The monoisotopic (exact) mass is 648 g/mol. The number of hydrogen-bond acceptors (Lipinski definition) is 7. The highest BCUT2D eigenvalue weighted by atomic mass is 35.5. The molecule has 1 saturated heterocycles. The second kappa shape index (κ2) is 15.8. The molecule has 11 heteroatoms. The average Bonchev–Trinajstić information content (AvgIpc) is 3.46. The van der Waals surface area contributed by atoms with Gasteiger partial charge in [0.2, 0.25) is 6.41 Å². The summed E-state index contributed by atoms with van der Waals surface area (Å²) < 4.78 is 21.5. The second-order valence-corrected chi connectivity index (χ2v) is 11.5. The van der Waals surface area contributed by atoms with E-state index in [1.54, 1.807) is 43.4 Å². The van der Waals surface area contributed by atoms with Crippen LogP contribution in [0, 0.1) is 0 Å². The van der Waals surface area contributed by atoms with Crippen LogP contribution in [0.4, 0.5) is 4.79 Å². The maximum atomic E-state index is 13.4. The molecule has 2 aliphatic heterocycles. The lowest BCUT2D eigenvalue weighted by Crippen LogP contribution is -2.46. The molecule has 3 aromatic carbocycles. The first kappa shape index (κ1) is 33.1. The van der Waals surface area contributed by atoms with Crippen LogP contribution in [0.1, 0.15) is 29.8 Å². The van der Waals surface area contributed by atoms with Gasteiger partial charge in [0, 0.05) is 68.0 Å². The van der Waals surface area contributed by atoms with Gasteiger partial charge < -0.3 is 28.8 Å². The van der Waals surface area contributed by atoms with E-state index in [0.717, 1.165) is 73.7 Å². The number of rotatable bonds is 9. The van der Waals surface area contributed by atoms with Crippen LogP contribution in [-0.2, 0) is 16.0 Å². The summed E-state index contributed by atoms with van der Waals surface area (Å²) in [4.78, 5) is 33.2. The number of fused-ring (bicyclic) bond motifs is 3. The van der Waals surface area contributed by atoms with Crippen molar-refractivity contribution >= 4 is 35.0 Å². The first-order chi connectivity index (χ1) is 22.4. The molecule has 1 N–H and O–H groups in total. The second-order valence-electron chi connectivity index (χ2n) is 11.1. The lowest BCUT2D eigenvalue weighted by atomic mass is 9.92. The maximum absolute atomic E-state index is 13.4. The number of ether oxygens (including phenoxy) is 4. The van der Waals surface area contributed by atoms with Gasteiger partial charge in [0.25, 0.3) is 0 Å². The van der Waals surface area contributed by atoms with Crippen molar-refractivity contribution in [2.45, 2.75) is 19.4 Å². The number of nitrogens with zero attached hydrogens (tertiary/aromatic N) is 3. The molecular weight excluding hydrogens is 608 g/mol. The summed E-state index contributed by atoms with van der Waals surface area (Å²) in [5, 5.41) is 1.77. The number of methoxy groups -OCH3 is 2. The third kappa shape index (κ3) is 7.93. The summed E-state index contributed by atoms with van der Waals surface area (Å²) >= 11 is 6.29. The topological polar surface area (TPSA) is 96.6 Å². The number of H-pyrrole nitrogens is 1. The Morgan fingerprint density at radius 1 is 0.935 bits per heavy atom. The third-order valence-electron chi connectivity index (χ3n) is 8.26. The van der Waals surface area contributed by atoms with Crippen molar-refractivity contribution in [1.29, 1.82) is 0 Å². The fourth-order valence-corrected chi connectivity index (χ4v) is 6.01. The minimum Gasteiger partial charge on any atom is -0.497 e. The number of carbonyl (C=O) groups is 2. The first-order valence-electron chi connectivity index (χ1n) is 15.5. The molecule has 2 aliphatic rings. The highest BCUT2D eigenvalue weighted by Gasteiger charge is 2.35. The van der Waals surface area contributed by atoms with Crippen molar-refractivity contribution in [3.8, 4) is 17.2 Å². The Hall–Kier alpha value is -4.25. The molecule has 1 unspecified atom stereocenters. The zero-order chi connectivity index (χ0) is 32.5. The summed E-state index contributed by atoms with van der Waals surface area (Å²) in [6.45, 7) is 8.47. The zero-order valence-corrected chi connectivity index (χ0v) is 27.3. The highest BCUT2D eigenvalue weighted by Crippen LogP contribution is 2.40. The van der Waals surface area contributed by atoms with Crippen LogP contribution in [-0.4, -0.2) is 98.9 Å². The maximum Gasteiger partial charge on any atom is 0.416 e. The summed E-state index contributed by atoms with van der Waals surface area (Å²) in [6, 6.07) is 20.3. The fourth-order valence-electron chi connectivity index (χ4n) is 5.83. The van der Waals surface area contributed by atoms with Crippen LogP contribution >= 0.6 is 11.6 Å². The molecule has 1 aromatic heterocycles. The lowest BCUT2D eigenvalue weighted by Gasteiger charge is -2.35. The van der Waals surface area contributed by atoms with Crippen LogP contribution in [0.3, 0.4) is 0 Å². The third-order valence-corrected chi connectivity index (χ3v) is 8.50. The van der Waals surface area contributed by atoms with E-state index in [1.807, 2.05) is 54.3 Å². The van der Waals surface area contributed by atoms with Crippen LogP contribution in [0.5, 0.6) is 17.2 Å². The minimum atomic E-state index is -0.411. The predicted molar refractivity (Wildman–Crippen MR) is 178 cm³/mol. The number of benzene rings is 3. The standard InChI is InChI=1S/C27H25ClN2O4.C8H16N2O2/c1-3-33-20-7-4-17(5-8-20)26-25-22(23-16-18(28)6-13-24(23)29-25)14-15-30(26)27(31)34-21-11-9-19(32-2)10-12-21;1-12-7-6-9-2-4-10(8-11)5-3-9/h4-13,16,26,29H,3,14-15H2,1-2H3;8H,2-7H2,1H3. The normalized spacial score (nSPS) is 16.3. The van der Waals surface area contributed by atoms with Crippen molar-refractivity contribution in [1.82, 2.24) is 19.7 Å². The summed E-state index contributed by atoms with van der Waals surface area (Å²) in [7, 11) is 3.31. The molecule has 46 heavy (non-hydrogen) atoms. The van der Waals surface area contributed by atoms with E-state index in [2.05, 4.69) is 9.88 Å². The summed E-state index contributed by atoms with van der Waals surface area (Å²) in [6.07, 6.45) is 1.21. The van der Waals surface area contributed by atoms with Crippen LogP contribution in [0.25, 0.3) is 10.9 Å². The molecule has 4 aromatic rings. The number of carbonyl (C=O) groups excluding carboxylic acids is 2. The number of aromatic amines is 1. The Morgan fingerprint density at radius 3 is 2.28 bits per heavy atom. The molecule has 0 spiro atoms. The van der Waals surface area contributed by atoms with Crippen molar-refractivity contribution in [2.24, 2.45) is 0 Å². The molecule has 1 atom stereocenters. The van der Waals surface area contributed by atoms with Gasteiger partial charge in [0.15, 0.2) is 0 Å². The molecule has 2 amide bonds. The van der Waals surface area contributed by atoms with Gasteiger partial charge in [-0.05, 0) is 79.1 Å². The SMILES string of the molecule is CCOc1ccc(C2c3[nH]c4ccc(Cl)cc4c3CCN2C(=O)Oc2ccc(OC)cc2)cc1.COCCN1CCN(C=O)CC1. The van der Waals surface area contributed by atoms with Gasteiger partial charge in [0.05, 0.1) is 20.3 Å². The average molecular weight is 649 g/mol. The van der Waals surface area contributed by atoms with E-state index >= 15 is 0 Å². The Kier molecular flexibility index (Phi) is 11.4. The summed E-state index contributed by atoms with van der Waals surface area (Å²) in [5.41, 5.74) is 4.11. The zero-order valence-electron chi connectivity index (χ0n) is 26.5. The molecule has 0 radical (unpaired) electrons. The van der Waals surface area contributed by atoms with Gasteiger partial charge in [-0.3, -0.25) is 14.6 Å². The van der Waals surface area contributed by atoms with Gasteiger partial charge in [-0.2, -0.15) is 0 Å². The van der Waals surface area contributed by atoms with E-state index in [9.17, 15) is 9.59 Å². The molecule has 0 bridgehead atoms. The van der Waals surface area contributed by atoms with E-state index in [4.69, 9.17) is 30.5 Å². The van der Waals surface area contributed by atoms with Gasteiger partial charge in [0.1, 0.15) is 23.3 Å². The largest absolute Gasteiger partial charge is 0.497 e. The van der Waals surface area contributed by atoms with Gasteiger partial charge in [-0.25, -0.2) is 4.79 Å². The Labute approximate surface area is 274 Å². The number of aromatic nitrogens is 1. The number of hydrogen-bond donors (Lipinski definition) is 1. The Balaban J connectivity index is 0.000000293. The quantitative estimate of drug-likeness (QED) is 0.230. The van der Waals surface area contributed by atoms with E-state index < -0.39 is 6.09 Å². The first-order valence-corrected chi connectivity index (χ1v) is 15.9. The van der Waals surface area contributed by atoms with E-state index in [-0.39, 0.29) is 6.04 Å². The Bertz CT molecular complexity index is 1590. The molecule has 3 heterocycles. The van der Waals surface area contributed by atoms with E-state index in [0.29, 0.717) is 36.1 Å². The lowest BCUT2D eigenvalue weighted by molar-refractivity contribution is -0.119. The van der Waals surface area contributed by atoms with Crippen LogP contribution in [0.2, 0.25) is 5.02 Å². The Morgan fingerprint density at radius 2 is 1.63 bits per heavy atom. The van der Waals surface area contributed by atoms with Crippen molar-refractivity contribution < 1.29 is 28.5 Å². The molecule has 10 nitrogen and oxygen atoms in total. The molecule has 6 rings (SSSR count). The fraction of sp³-hybridized carbons (Fsp3) is 0.371. The van der Waals surface area contributed by atoms with Crippen LogP contribution in [0.15, 0.2) is 66.7 Å². The minimum absolute atomic E-state index is 0.337. The molecular formula is C35H41ClN4O6. The van der Waals surface area contributed by atoms with Crippen molar-refractivity contribution in [3.63, 3.8) is 0 Å². The van der Waals surface area contributed by atoms with Crippen LogP contribution < -0.4 is 14.2 Å². The number of piperazine rings is 1. The van der Waals surface area contributed by atoms with Crippen molar-refractivity contribution in [3.05, 3.63) is 88.6 Å². The molecule has 1 fully saturated rings.